The van der Waals surface area contributed by atoms with Crippen molar-refractivity contribution >= 4 is 35.8 Å². The van der Waals surface area contributed by atoms with Crippen LogP contribution in [0.25, 0.3) is 0 Å². The van der Waals surface area contributed by atoms with E-state index >= 15 is 0 Å². The number of nitrogens with zero attached hydrogens (tertiary/aromatic N) is 2. The van der Waals surface area contributed by atoms with Gasteiger partial charge in [-0.2, -0.15) is 0 Å². The molecule has 32 heavy (non-hydrogen) atoms. The molecule has 0 spiro atoms. The fraction of sp³-hybridized carbons (Fsp3) is 0.619. The van der Waals surface area contributed by atoms with Crippen molar-refractivity contribution in [2.24, 2.45) is 17.3 Å². The van der Waals surface area contributed by atoms with Crippen molar-refractivity contribution in [3.8, 4) is 0 Å². The number of carbonyl (C=O) groups excluding carboxylic acids is 5. The molecule has 0 radical (unpaired) electrons. The molecule has 0 aromatic carbocycles. The lowest BCUT2D eigenvalue weighted by molar-refractivity contribution is -0.187. The van der Waals surface area contributed by atoms with Crippen LogP contribution in [0, 0.1) is 17.3 Å². The SMILES string of the molecule is CC(C)C(OC(=O)ON1C(=O)CCC1=O)C1(C(=O)O)CCC(CN2C(=O)C=CC2=O)CC1. The first kappa shape index (κ1) is 23.4. The van der Waals surface area contributed by atoms with Crippen molar-refractivity contribution < 1.29 is 43.4 Å². The van der Waals surface area contributed by atoms with E-state index in [9.17, 15) is 33.9 Å². The highest BCUT2D eigenvalue weighted by molar-refractivity contribution is 6.12. The Bertz CT molecular complexity index is 836. The molecule has 2 heterocycles. The predicted octanol–water partition coefficient (Wildman–Crippen LogP) is 1.41. The van der Waals surface area contributed by atoms with Crippen molar-refractivity contribution in [3.63, 3.8) is 0 Å². The van der Waals surface area contributed by atoms with Gasteiger partial charge in [0.25, 0.3) is 23.6 Å². The predicted molar refractivity (Wildman–Crippen MR) is 105 cm³/mol. The lowest BCUT2D eigenvalue weighted by Gasteiger charge is -2.43. The molecule has 1 unspecified atom stereocenters. The minimum absolute atomic E-state index is 0.0717. The maximum Gasteiger partial charge on any atom is 0.534 e. The fourth-order valence-corrected chi connectivity index (χ4v) is 4.61. The number of hydrogen-bond donors (Lipinski definition) is 1. The Morgan fingerprint density at radius 2 is 1.59 bits per heavy atom. The van der Waals surface area contributed by atoms with Gasteiger partial charge in [0, 0.05) is 31.5 Å². The van der Waals surface area contributed by atoms with Gasteiger partial charge in [0.15, 0.2) is 0 Å². The van der Waals surface area contributed by atoms with Gasteiger partial charge in [-0.05, 0) is 37.5 Å². The van der Waals surface area contributed by atoms with Crippen LogP contribution in [-0.2, 0) is 33.5 Å². The Morgan fingerprint density at radius 3 is 2.06 bits per heavy atom. The van der Waals surface area contributed by atoms with Gasteiger partial charge in [-0.25, -0.2) is 4.79 Å². The van der Waals surface area contributed by atoms with E-state index in [1.807, 2.05) is 0 Å². The molecule has 11 nitrogen and oxygen atoms in total. The molecule has 1 saturated carbocycles. The minimum atomic E-state index is -1.40. The highest BCUT2D eigenvalue weighted by Gasteiger charge is 2.52. The highest BCUT2D eigenvalue weighted by atomic mass is 16.8. The van der Waals surface area contributed by atoms with Crippen LogP contribution in [0.2, 0.25) is 0 Å². The Morgan fingerprint density at radius 1 is 1.06 bits per heavy atom. The number of imide groups is 2. The molecule has 1 saturated heterocycles. The number of carboxylic acid groups (broad SMARTS) is 1. The van der Waals surface area contributed by atoms with Crippen LogP contribution in [0.3, 0.4) is 0 Å². The molecule has 3 aliphatic rings. The van der Waals surface area contributed by atoms with Crippen LogP contribution in [0.4, 0.5) is 4.79 Å². The number of carboxylic acids is 1. The third-order valence-electron chi connectivity index (χ3n) is 6.31. The molecule has 1 aliphatic carbocycles. The van der Waals surface area contributed by atoms with Crippen LogP contribution >= 0.6 is 0 Å². The normalized spacial score (nSPS) is 26.8. The van der Waals surface area contributed by atoms with Crippen LogP contribution in [-0.4, -0.2) is 63.5 Å². The van der Waals surface area contributed by atoms with E-state index in [1.165, 1.54) is 12.2 Å². The number of carbonyl (C=O) groups is 6. The van der Waals surface area contributed by atoms with E-state index < -0.39 is 41.4 Å². The Labute approximate surface area is 184 Å². The minimum Gasteiger partial charge on any atom is -0.481 e. The molecule has 0 aromatic rings. The first-order valence-electron chi connectivity index (χ1n) is 10.6. The van der Waals surface area contributed by atoms with Gasteiger partial charge in [-0.15, -0.1) is 0 Å². The zero-order chi connectivity index (χ0) is 23.6. The second kappa shape index (κ2) is 9.09. The topological polar surface area (TPSA) is 148 Å². The zero-order valence-electron chi connectivity index (χ0n) is 17.9. The Kier molecular flexibility index (Phi) is 6.65. The lowest BCUT2D eigenvalue weighted by atomic mass is 9.65. The molecule has 3 rings (SSSR count). The van der Waals surface area contributed by atoms with E-state index in [2.05, 4.69) is 0 Å². The van der Waals surface area contributed by atoms with E-state index in [1.54, 1.807) is 13.8 Å². The summed E-state index contributed by atoms with van der Waals surface area (Å²) in [5.41, 5.74) is -1.40. The molecule has 4 amide bonds. The summed E-state index contributed by atoms with van der Waals surface area (Å²) in [5.74, 6) is -3.71. The third-order valence-corrected chi connectivity index (χ3v) is 6.31. The van der Waals surface area contributed by atoms with Crippen molar-refractivity contribution in [2.75, 3.05) is 6.54 Å². The Hall–Kier alpha value is -3.24. The van der Waals surface area contributed by atoms with E-state index in [0.717, 1.165) is 4.90 Å². The monoisotopic (exact) mass is 450 g/mol. The van der Waals surface area contributed by atoms with Gasteiger partial charge in [-0.1, -0.05) is 18.9 Å². The maximum absolute atomic E-state index is 12.3. The fourth-order valence-electron chi connectivity index (χ4n) is 4.61. The van der Waals surface area contributed by atoms with Crippen LogP contribution < -0.4 is 0 Å². The Balaban J connectivity index is 1.68. The summed E-state index contributed by atoms with van der Waals surface area (Å²) in [6, 6.07) is 0. The maximum atomic E-state index is 12.3. The lowest BCUT2D eigenvalue weighted by Crippen LogP contribution is -2.51. The molecule has 0 bridgehead atoms. The van der Waals surface area contributed by atoms with Crippen molar-refractivity contribution in [1.82, 2.24) is 9.96 Å². The first-order chi connectivity index (χ1) is 15.0. The summed E-state index contributed by atoms with van der Waals surface area (Å²) < 4.78 is 5.36. The number of amides is 4. The van der Waals surface area contributed by atoms with Gasteiger partial charge in [0.05, 0.1) is 0 Å². The van der Waals surface area contributed by atoms with E-state index in [-0.39, 0.29) is 50.0 Å². The summed E-state index contributed by atoms with van der Waals surface area (Å²) in [4.78, 5) is 77.4. The molecule has 2 aliphatic heterocycles. The standard InChI is InChI=1S/C21H26N2O9/c1-12(2)18(31-20(30)32-23-16(26)5-6-17(23)27)21(19(28)29)9-7-13(8-10-21)11-22-14(24)3-4-15(22)25/h3-4,12-13,18H,5-11H2,1-2H3,(H,28,29). The average Bonchev–Trinajstić information content (AvgIpc) is 3.22. The quantitative estimate of drug-likeness (QED) is 0.449. The molecule has 1 N–H and O–H groups in total. The summed E-state index contributed by atoms with van der Waals surface area (Å²) in [7, 11) is 0. The number of ether oxygens (including phenoxy) is 1. The zero-order valence-corrected chi connectivity index (χ0v) is 17.9. The highest BCUT2D eigenvalue weighted by Crippen LogP contribution is 2.46. The van der Waals surface area contributed by atoms with Crippen LogP contribution in [0.1, 0.15) is 52.4 Å². The molecule has 1 atom stereocenters. The molecule has 0 aromatic heterocycles. The van der Waals surface area contributed by atoms with Crippen LogP contribution in [0.5, 0.6) is 0 Å². The number of hydroxylamine groups is 2. The van der Waals surface area contributed by atoms with Crippen molar-refractivity contribution in [2.45, 2.75) is 58.5 Å². The second-order valence-electron chi connectivity index (χ2n) is 8.73. The summed E-state index contributed by atoms with van der Waals surface area (Å²) >= 11 is 0. The van der Waals surface area contributed by atoms with E-state index in [4.69, 9.17) is 9.57 Å². The summed E-state index contributed by atoms with van der Waals surface area (Å²) in [5, 5.41) is 10.4. The van der Waals surface area contributed by atoms with Gasteiger partial charge in [0.1, 0.15) is 11.5 Å². The van der Waals surface area contributed by atoms with Crippen LogP contribution in [0.15, 0.2) is 12.2 Å². The third kappa shape index (κ3) is 4.51. The average molecular weight is 450 g/mol. The molecular weight excluding hydrogens is 424 g/mol. The second-order valence-corrected chi connectivity index (χ2v) is 8.73. The molecule has 2 fully saturated rings. The first-order valence-corrected chi connectivity index (χ1v) is 10.6. The smallest absolute Gasteiger partial charge is 0.481 e. The number of rotatable bonds is 7. The van der Waals surface area contributed by atoms with Crippen molar-refractivity contribution in [1.29, 1.82) is 0 Å². The van der Waals surface area contributed by atoms with Crippen molar-refractivity contribution in [3.05, 3.63) is 12.2 Å². The van der Waals surface area contributed by atoms with E-state index in [0.29, 0.717) is 17.9 Å². The van der Waals surface area contributed by atoms with Gasteiger partial charge < -0.3 is 9.84 Å². The summed E-state index contributed by atoms with van der Waals surface area (Å²) in [6.45, 7) is 3.61. The number of aliphatic carboxylic acids is 1. The summed E-state index contributed by atoms with van der Waals surface area (Å²) in [6.07, 6.45) is 1.03. The van der Waals surface area contributed by atoms with Gasteiger partial charge in [-0.3, -0.25) is 33.7 Å². The largest absolute Gasteiger partial charge is 0.534 e. The molecular formula is C21H26N2O9. The number of hydrogen-bond acceptors (Lipinski definition) is 8. The molecule has 11 heteroatoms. The van der Waals surface area contributed by atoms with Gasteiger partial charge in [0.2, 0.25) is 0 Å². The molecule has 174 valence electrons. The van der Waals surface area contributed by atoms with Gasteiger partial charge >= 0.3 is 12.1 Å².